The SMILES string of the molecule is Cn1c(=O)c2c(ncn2CC(=O)Nc2ccc(Br)c(C(F)(F)F)c2)n(C)c1=O. The van der Waals surface area contributed by atoms with E-state index in [1.165, 1.54) is 37.1 Å². The van der Waals surface area contributed by atoms with Gasteiger partial charge in [-0.25, -0.2) is 9.78 Å². The highest BCUT2D eigenvalue weighted by atomic mass is 79.9. The summed E-state index contributed by atoms with van der Waals surface area (Å²) in [5, 5.41) is 2.36. The second-order valence-corrected chi connectivity index (χ2v) is 6.85. The van der Waals surface area contributed by atoms with E-state index in [1.807, 2.05) is 0 Å². The number of benzene rings is 1. The van der Waals surface area contributed by atoms with Gasteiger partial charge in [-0.1, -0.05) is 15.9 Å². The number of aryl methyl sites for hydroxylation is 1. The summed E-state index contributed by atoms with van der Waals surface area (Å²) in [6.07, 6.45) is -3.37. The summed E-state index contributed by atoms with van der Waals surface area (Å²) < 4.78 is 42.1. The number of carbonyl (C=O) groups is 1. The predicted molar refractivity (Wildman–Crippen MR) is 98.0 cm³/mol. The van der Waals surface area contributed by atoms with Gasteiger partial charge in [0.1, 0.15) is 6.54 Å². The molecule has 28 heavy (non-hydrogen) atoms. The van der Waals surface area contributed by atoms with Crippen LogP contribution in [0.5, 0.6) is 0 Å². The maximum atomic E-state index is 13.0. The first-order valence-corrected chi connectivity index (χ1v) is 8.57. The zero-order chi connectivity index (χ0) is 20.8. The lowest BCUT2D eigenvalue weighted by Crippen LogP contribution is -2.37. The molecule has 1 amide bonds. The summed E-state index contributed by atoms with van der Waals surface area (Å²) in [7, 11) is 2.73. The molecule has 8 nitrogen and oxygen atoms in total. The number of imidazole rings is 1. The van der Waals surface area contributed by atoms with Crippen LogP contribution in [0.15, 0.2) is 38.6 Å². The second kappa shape index (κ2) is 6.93. The van der Waals surface area contributed by atoms with Gasteiger partial charge >= 0.3 is 11.9 Å². The lowest BCUT2D eigenvalue weighted by atomic mass is 10.2. The quantitative estimate of drug-likeness (QED) is 0.646. The molecule has 3 rings (SSSR count). The van der Waals surface area contributed by atoms with Gasteiger partial charge in [0, 0.05) is 24.3 Å². The number of halogens is 4. The van der Waals surface area contributed by atoms with Crippen LogP contribution in [0.3, 0.4) is 0 Å². The van der Waals surface area contributed by atoms with Crippen molar-refractivity contribution in [3.63, 3.8) is 0 Å². The number of rotatable bonds is 3. The van der Waals surface area contributed by atoms with E-state index >= 15 is 0 Å². The highest BCUT2D eigenvalue weighted by Gasteiger charge is 2.33. The maximum Gasteiger partial charge on any atom is 0.417 e. The van der Waals surface area contributed by atoms with Crippen molar-refractivity contribution >= 4 is 38.7 Å². The Hall–Kier alpha value is -2.89. The number of hydrogen-bond acceptors (Lipinski definition) is 4. The Kier molecular flexibility index (Phi) is 4.91. The van der Waals surface area contributed by atoms with Gasteiger partial charge in [0.15, 0.2) is 11.2 Å². The van der Waals surface area contributed by atoms with E-state index in [-0.39, 0.29) is 27.9 Å². The van der Waals surface area contributed by atoms with Gasteiger partial charge in [-0.3, -0.25) is 18.7 Å². The molecule has 3 aromatic rings. The molecule has 0 spiro atoms. The van der Waals surface area contributed by atoms with Crippen molar-refractivity contribution in [3.8, 4) is 0 Å². The van der Waals surface area contributed by atoms with Gasteiger partial charge in [0.2, 0.25) is 5.91 Å². The molecule has 0 saturated heterocycles. The number of aromatic nitrogens is 4. The van der Waals surface area contributed by atoms with E-state index in [0.29, 0.717) is 0 Å². The molecule has 0 aliphatic carbocycles. The molecule has 2 aromatic heterocycles. The number of alkyl halides is 3. The zero-order valence-electron chi connectivity index (χ0n) is 14.5. The highest BCUT2D eigenvalue weighted by Crippen LogP contribution is 2.36. The molecule has 2 heterocycles. The summed E-state index contributed by atoms with van der Waals surface area (Å²) in [5.41, 5.74) is -2.05. The van der Waals surface area contributed by atoms with Crippen LogP contribution >= 0.6 is 15.9 Å². The fourth-order valence-electron chi connectivity index (χ4n) is 2.69. The minimum atomic E-state index is -4.59. The summed E-state index contributed by atoms with van der Waals surface area (Å²) >= 11 is 2.83. The van der Waals surface area contributed by atoms with Crippen LogP contribution in [0.2, 0.25) is 0 Å². The molecule has 0 atom stereocenters. The van der Waals surface area contributed by atoms with Gasteiger partial charge in [0.05, 0.1) is 11.9 Å². The Balaban J connectivity index is 1.91. The zero-order valence-corrected chi connectivity index (χ0v) is 16.1. The molecule has 1 N–H and O–H groups in total. The van der Waals surface area contributed by atoms with Crippen LogP contribution in [-0.4, -0.2) is 24.6 Å². The van der Waals surface area contributed by atoms with E-state index < -0.39 is 28.9 Å². The molecule has 0 aliphatic rings. The monoisotopic (exact) mass is 459 g/mol. The van der Waals surface area contributed by atoms with Gasteiger partial charge in [-0.2, -0.15) is 13.2 Å². The van der Waals surface area contributed by atoms with Crippen LogP contribution in [0, 0.1) is 0 Å². The molecular formula is C16H13BrF3N5O3. The third-order valence-corrected chi connectivity index (χ3v) is 4.78. The van der Waals surface area contributed by atoms with E-state index in [4.69, 9.17) is 0 Å². The van der Waals surface area contributed by atoms with E-state index in [1.54, 1.807) is 0 Å². The summed E-state index contributed by atoms with van der Waals surface area (Å²) in [4.78, 5) is 40.5. The van der Waals surface area contributed by atoms with Crippen molar-refractivity contribution in [2.75, 3.05) is 5.32 Å². The first-order chi connectivity index (χ1) is 13.0. The molecular weight excluding hydrogens is 447 g/mol. The minimum Gasteiger partial charge on any atom is -0.325 e. The first-order valence-electron chi connectivity index (χ1n) is 7.78. The number of amides is 1. The number of anilines is 1. The number of carbonyl (C=O) groups excluding carboxylic acids is 1. The Morgan fingerprint density at radius 3 is 2.54 bits per heavy atom. The van der Waals surface area contributed by atoms with Crippen molar-refractivity contribution in [1.82, 2.24) is 18.7 Å². The largest absolute Gasteiger partial charge is 0.417 e. The Labute approximate surface area is 163 Å². The highest BCUT2D eigenvalue weighted by molar-refractivity contribution is 9.10. The Morgan fingerprint density at radius 1 is 1.21 bits per heavy atom. The Bertz CT molecular complexity index is 1210. The van der Waals surface area contributed by atoms with Crippen LogP contribution in [-0.2, 0) is 31.6 Å². The first kappa shape index (κ1) is 19.9. The molecule has 1 aromatic carbocycles. The van der Waals surface area contributed by atoms with Gasteiger partial charge in [-0.15, -0.1) is 0 Å². The molecule has 0 bridgehead atoms. The number of fused-ring (bicyclic) bond motifs is 1. The van der Waals surface area contributed by atoms with Crippen molar-refractivity contribution in [3.05, 3.63) is 55.4 Å². The molecule has 148 valence electrons. The summed E-state index contributed by atoms with van der Waals surface area (Å²) in [5.74, 6) is -0.661. The van der Waals surface area contributed by atoms with E-state index in [0.717, 1.165) is 15.2 Å². The minimum absolute atomic E-state index is 0.0338. The van der Waals surface area contributed by atoms with Crippen LogP contribution in [0.1, 0.15) is 5.56 Å². The lowest BCUT2D eigenvalue weighted by molar-refractivity contribution is -0.138. The lowest BCUT2D eigenvalue weighted by Gasteiger charge is -2.12. The average Bonchev–Trinajstić information content (AvgIpc) is 3.02. The van der Waals surface area contributed by atoms with Crippen LogP contribution in [0.4, 0.5) is 18.9 Å². The van der Waals surface area contributed by atoms with E-state index in [2.05, 4.69) is 26.2 Å². The molecule has 0 unspecified atom stereocenters. The van der Waals surface area contributed by atoms with Crippen molar-refractivity contribution in [1.29, 1.82) is 0 Å². The third kappa shape index (κ3) is 3.46. The average molecular weight is 460 g/mol. The molecule has 12 heteroatoms. The fraction of sp³-hybridized carbons (Fsp3) is 0.250. The van der Waals surface area contributed by atoms with E-state index in [9.17, 15) is 27.6 Å². The second-order valence-electron chi connectivity index (χ2n) is 5.99. The molecule has 0 fully saturated rings. The predicted octanol–water partition coefficient (Wildman–Crippen LogP) is 1.85. The van der Waals surface area contributed by atoms with Gasteiger partial charge in [-0.05, 0) is 18.2 Å². The topological polar surface area (TPSA) is 90.9 Å². The van der Waals surface area contributed by atoms with Crippen molar-refractivity contribution < 1.29 is 18.0 Å². The van der Waals surface area contributed by atoms with Crippen LogP contribution in [0.25, 0.3) is 11.2 Å². The molecule has 0 radical (unpaired) electrons. The molecule has 0 saturated carbocycles. The standard InChI is InChI=1S/C16H13BrF3N5O3/c1-23-13-12(14(27)24(2)15(23)28)25(7-21-13)6-11(26)22-8-3-4-10(17)9(5-8)16(18,19)20/h3-5,7H,6H2,1-2H3,(H,22,26). The number of hydrogen-bond donors (Lipinski definition) is 1. The Morgan fingerprint density at radius 2 is 1.89 bits per heavy atom. The smallest absolute Gasteiger partial charge is 0.325 e. The number of nitrogens with zero attached hydrogens (tertiary/aromatic N) is 4. The third-order valence-electron chi connectivity index (χ3n) is 4.09. The summed E-state index contributed by atoms with van der Waals surface area (Å²) in [6.45, 7) is -0.374. The fourth-order valence-corrected chi connectivity index (χ4v) is 3.16. The van der Waals surface area contributed by atoms with Crippen molar-refractivity contribution in [2.45, 2.75) is 12.7 Å². The van der Waals surface area contributed by atoms with Crippen LogP contribution < -0.4 is 16.6 Å². The number of nitrogens with one attached hydrogen (secondary N) is 1. The van der Waals surface area contributed by atoms with Crippen molar-refractivity contribution in [2.24, 2.45) is 14.1 Å². The summed E-state index contributed by atoms with van der Waals surface area (Å²) in [6, 6.07) is 3.29. The normalized spacial score (nSPS) is 11.8. The maximum absolute atomic E-state index is 13.0. The van der Waals surface area contributed by atoms with Gasteiger partial charge < -0.3 is 9.88 Å². The molecule has 0 aliphatic heterocycles. The van der Waals surface area contributed by atoms with Gasteiger partial charge in [0.25, 0.3) is 5.56 Å².